The summed E-state index contributed by atoms with van der Waals surface area (Å²) in [5.74, 6) is 0.775. The van der Waals surface area contributed by atoms with E-state index < -0.39 is 5.97 Å². The van der Waals surface area contributed by atoms with Crippen LogP contribution >= 0.6 is 0 Å². The molecule has 23 heavy (non-hydrogen) atoms. The number of carbonyl (C=O) groups is 2. The van der Waals surface area contributed by atoms with Gasteiger partial charge in [-0.25, -0.2) is 4.79 Å². The molecule has 1 aliphatic rings. The van der Waals surface area contributed by atoms with Crippen LogP contribution in [0.25, 0.3) is 0 Å². The number of aromatic nitrogens is 2. The monoisotopic (exact) mass is 321 g/mol. The van der Waals surface area contributed by atoms with Crippen LogP contribution in [0.2, 0.25) is 0 Å². The molecule has 0 unspecified atom stereocenters. The summed E-state index contributed by atoms with van der Waals surface area (Å²) in [5, 5.41) is 6.76. The number of nitrogens with one attached hydrogen (secondary N) is 1. The summed E-state index contributed by atoms with van der Waals surface area (Å²) < 4.78 is 5.06. The lowest BCUT2D eigenvalue weighted by Gasteiger charge is -2.33. The number of carbonyl (C=O) groups excluding carboxylic acids is 2. The minimum atomic E-state index is -0.452. The van der Waals surface area contributed by atoms with Gasteiger partial charge >= 0.3 is 5.97 Å². The van der Waals surface area contributed by atoms with Crippen LogP contribution in [0, 0.1) is 11.8 Å². The number of ether oxygens (including phenoxy) is 1. The Morgan fingerprint density at radius 1 is 1.35 bits per heavy atom. The predicted molar refractivity (Wildman–Crippen MR) is 88.3 cm³/mol. The predicted octanol–water partition coefficient (Wildman–Crippen LogP) is 3.15. The molecule has 1 fully saturated rings. The summed E-state index contributed by atoms with van der Waals surface area (Å²) in [5.41, 5.74) is 0.318. The molecular formula is C17H27N3O3. The van der Waals surface area contributed by atoms with Crippen molar-refractivity contribution >= 4 is 17.7 Å². The number of rotatable bonds is 5. The second-order valence-electron chi connectivity index (χ2n) is 6.61. The SMILES string of the molecule is CCOC(=O)c1cn[nH]c1N(C(=O)C1CCC(C)CC1)C(C)C. The highest BCUT2D eigenvalue weighted by Gasteiger charge is 2.33. The summed E-state index contributed by atoms with van der Waals surface area (Å²) >= 11 is 0. The summed E-state index contributed by atoms with van der Waals surface area (Å²) in [4.78, 5) is 26.7. The van der Waals surface area contributed by atoms with Crippen LogP contribution in [0.5, 0.6) is 0 Å². The fourth-order valence-corrected chi connectivity index (χ4v) is 3.15. The van der Waals surface area contributed by atoms with Gasteiger partial charge in [0.05, 0.1) is 12.8 Å². The van der Waals surface area contributed by atoms with E-state index in [1.165, 1.54) is 6.20 Å². The Kier molecular flexibility index (Phi) is 5.80. The van der Waals surface area contributed by atoms with Crippen molar-refractivity contribution in [2.45, 2.75) is 59.4 Å². The van der Waals surface area contributed by atoms with Crippen LogP contribution in [0.15, 0.2) is 6.20 Å². The van der Waals surface area contributed by atoms with Gasteiger partial charge in [-0.1, -0.05) is 6.92 Å². The van der Waals surface area contributed by atoms with Gasteiger partial charge in [-0.3, -0.25) is 14.8 Å². The third kappa shape index (κ3) is 3.92. The number of aromatic amines is 1. The van der Waals surface area contributed by atoms with Gasteiger partial charge in [0.25, 0.3) is 0 Å². The molecular weight excluding hydrogens is 294 g/mol. The average Bonchev–Trinajstić information content (AvgIpc) is 2.97. The zero-order valence-electron chi connectivity index (χ0n) is 14.5. The van der Waals surface area contributed by atoms with Gasteiger partial charge in [0.1, 0.15) is 11.4 Å². The Balaban J connectivity index is 2.24. The Labute approximate surface area is 137 Å². The van der Waals surface area contributed by atoms with Gasteiger partial charge in [0.2, 0.25) is 5.91 Å². The van der Waals surface area contributed by atoms with Crippen molar-refractivity contribution in [2.75, 3.05) is 11.5 Å². The Hall–Kier alpha value is -1.85. The van der Waals surface area contributed by atoms with E-state index in [9.17, 15) is 9.59 Å². The molecule has 0 spiro atoms. The zero-order valence-corrected chi connectivity index (χ0v) is 14.5. The van der Waals surface area contributed by atoms with E-state index in [2.05, 4.69) is 17.1 Å². The Morgan fingerprint density at radius 3 is 2.57 bits per heavy atom. The first-order valence-corrected chi connectivity index (χ1v) is 8.49. The maximum absolute atomic E-state index is 13.0. The van der Waals surface area contributed by atoms with Crippen molar-refractivity contribution in [3.8, 4) is 0 Å². The van der Waals surface area contributed by atoms with Gasteiger partial charge in [0.15, 0.2) is 0 Å². The van der Waals surface area contributed by atoms with Crippen molar-refractivity contribution in [3.63, 3.8) is 0 Å². The molecule has 0 radical (unpaired) electrons. The fourth-order valence-electron chi connectivity index (χ4n) is 3.15. The van der Waals surface area contributed by atoms with E-state index in [0.29, 0.717) is 23.9 Å². The van der Waals surface area contributed by atoms with Gasteiger partial charge in [-0.2, -0.15) is 5.10 Å². The van der Waals surface area contributed by atoms with E-state index in [0.717, 1.165) is 25.7 Å². The molecule has 0 bridgehead atoms. The molecule has 0 aromatic carbocycles. The first kappa shape index (κ1) is 17.5. The highest BCUT2D eigenvalue weighted by molar-refractivity contribution is 6.02. The summed E-state index contributed by atoms with van der Waals surface area (Å²) in [7, 11) is 0. The summed E-state index contributed by atoms with van der Waals surface area (Å²) in [6.45, 7) is 8.17. The normalized spacial score (nSPS) is 21.3. The van der Waals surface area contributed by atoms with Crippen molar-refractivity contribution in [1.29, 1.82) is 0 Å². The lowest BCUT2D eigenvalue weighted by molar-refractivity contribution is -0.123. The first-order valence-electron chi connectivity index (χ1n) is 8.49. The average molecular weight is 321 g/mol. The summed E-state index contributed by atoms with van der Waals surface area (Å²) in [6.07, 6.45) is 5.41. The smallest absolute Gasteiger partial charge is 0.343 e. The number of amides is 1. The number of esters is 1. The van der Waals surface area contributed by atoms with Crippen molar-refractivity contribution in [2.24, 2.45) is 11.8 Å². The van der Waals surface area contributed by atoms with Crippen LogP contribution in [0.4, 0.5) is 5.82 Å². The third-order valence-electron chi connectivity index (χ3n) is 4.47. The second kappa shape index (κ2) is 7.62. The molecule has 6 heteroatoms. The standard InChI is InChI=1S/C17H27N3O3/c1-5-23-17(22)14-10-18-19-15(14)20(11(2)3)16(21)13-8-6-12(4)7-9-13/h10-13H,5-9H2,1-4H3,(H,18,19). The number of hydrogen-bond donors (Lipinski definition) is 1. The minimum absolute atomic E-state index is 0.0203. The van der Waals surface area contributed by atoms with E-state index in [4.69, 9.17) is 4.74 Å². The maximum Gasteiger partial charge on any atom is 0.343 e. The second-order valence-corrected chi connectivity index (χ2v) is 6.61. The topological polar surface area (TPSA) is 75.3 Å². The van der Waals surface area contributed by atoms with E-state index in [-0.39, 0.29) is 17.9 Å². The van der Waals surface area contributed by atoms with Gasteiger partial charge in [-0.15, -0.1) is 0 Å². The molecule has 1 aliphatic carbocycles. The Bertz CT molecular complexity index is 545. The van der Waals surface area contributed by atoms with Crippen molar-refractivity contribution < 1.29 is 14.3 Å². The molecule has 1 N–H and O–H groups in total. The molecule has 0 aliphatic heterocycles. The zero-order chi connectivity index (χ0) is 17.0. The molecule has 1 aromatic heterocycles. The minimum Gasteiger partial charge on any atom is -0.462 e. The van der Waals surface area contributed by atoms with Crippen molar-refractivity contribution in [1.82, 2.24) is 10.2 Å². The molecule has 128 valence electrons. The lowest BCUT2D eigenvalue weighted by Crippen LogP contribution is -2.43. The van der Waals surface area contributed by atoms with Gasteiger partial charge in [-0.05, 0) is 52.4 Å². The molecule has 1 aromatic rings. The highest BCUT2D eigenvalue weighted by Crippen LogP contribution is 2.32. The largest absolute Gasteiger partial charge is 0.462 e. The molecule has 6 nitrogen and oxygen atoms in total. The number of H-pyrrole nitrogens is 1. The number of nitrogens with zero attached hydrogens (tertiary/aromatic N) is 2. The lowest BCUT2D eigenvalue weighted by atomic mass is 9.82. The van der Waals surface area contributed by atoms with Crippen LogP contribution in [-0.2, 0) is 9.53 Å². The van der Waals surface area contributed by atoms with Crippen LogP contribution in [0.3, 0.4) is 0 Å². The molecule has 0 atom stereocenters. The Morgan fingerprint density at radius 2 is 2.00 bits per heavy atom. The van der Waals surface area contributed by atoms with Gasteiger partial charge < -0.3 is 4.74 Å². The van der Waals surface area contributed by atoms with Crippen LogP contribution in [0.1, 0.15) is 63.7 Å². The van der Waals surface area contributed by atoms with E-state index >= 15 is 0 Å². The molecule has 2 rings (SSSR count). The number of anilines is 1. The maximum atomic E-state index is 13.0. The number of hydrogen-bond acceptors (Lipinski definition) is 4. The first-order chi connectivity index (χ1) is 11.0. The fraction of sp³-hybridized carbons (Fsp3) is 0.706. The quantitative estimate of drug-likeness (QED) is 0.845. The van der Waals surface area contributed by atoms with Gasteiger partial charge in [0, 0.05) is 12.0 Å². The van der Waals surface area contributed by atoms with E-state index in [1.54, 1.807) is 11.8 Å². The van der Waals surface area contributed by atoms with Crippen LogP contribution in [-0.4, -0.2) is 34.7 Å². The van der Waals surface area contributed by atoms with E-state index in [1.807, 2.05) is 13.8 Å². The van der Waals surface area contributed by atoms with Crippen LogP contribution < -0.4 is 4.90 Å². The summed E-state index contributed by atoms with van der Waals surface area (Å²) in [6, 6.07) is -0.0597. The molecule has 1 saturated carbocycles. The third-order valence-corrected chi connectivity index (χ3v) is 4.47. The van der Waals surface area contributed by atoms with Crippen molar-refractivity contribution in [3.05, 3.63) is 11.8 Å². The molecule has 0 saturated heterocycles. The molecule has 1 amide bonds. The molecule has 1 heterocycles. The highest BCUT2D eigenvalue weighted by atomic mass is 16.5.